The summed E-state index contributed by atoms with van der Waals surface area (Å²) in [6, 6.07) is 7.90. The van der Waals surface area contributed by atoms with Crippen molar-refractivity contribution in [3.8, 4) is 17.2 Å². The summed E-state index contributed by atoms with van der Waals surface area (Å²) in [7, 11) is 0. The number of ether oxygens (including phenoxy) is 2. The normalized spacial score (nSPS) is 19.0. The average Bonchev–Trinajstić information content (AvgIpc) is 2.56. The van der Waals surface area contributed by atoms with Crippen molar-refractivity contribution in [1.29, 1.82) is 0 Å². The van der Waals surface area contributed by atoms with Crippen molar-refractivity contribution in [2.75, 3.05) is 0 Å². The number of aryl methyl sites for hydroxylation is 1. The number of carboxylic acids is 1. The zero-order valence-electron chi connectivity index (χ0n) is 13.6. The number of alkyl halides is 4. The zero-order chi connectivity index (χ0) is 20.0. The van der Waals surface area contributed by atoms with E-state index in [0.717, 1.165) is 0 Å². The van der Waals surface area contributed by atoms with Gasteiger partial charge in [0, 0.05) is 0 Å². The van der Waals surface area contributed by atoms with Gasteiger partial charge in [0.25, 0.3) is 0 Å². The highest BCUT2D eigenvalue weighted by Crippen LogP contribution is 2.50. The number of carbonyl (C=O) groups is 1. The van der Waals surface area contributed by atoms with Crippen molar-refractivity contribution in [2.24, 2.45) is 0 Å². The molecule has 0 spiro atoms. The standard InChI is InChI=1S/C18H11ClF4O4/c1-9-5-6-12(20)15(7-9)26-13-3-2-4-14-10(13)8-11(16(24)25)17(19,27-14)18(21,22)23/h2-8H,1H3,(H,24,25). The van der Waals surface area contributed by atoms with E-state index in [1.165, 1.54) is 36.4 Å². The first-order valence-electron chi connectivity index (χ1n) is 7.50. The lowest BCUT2D eigenvalue weighted by Crippen LogP contribution is -2.50. The second-order valence-electron chi connectivity index (χ2n) is 5.76. The Morgan fingerprint density at radius 2 is 1.93 bits per heavy atom. The fraction of sp³-hybridized carbons (Fsp3) is 0.167. The van der Waals surface area contributed by atoms with Gasteiger partial charge in [0.15, 0.2) is 11.6 Å². The molecule has 0 saturated heterocycles. The molecular formula is C18H11ClF4O4. The Morgan fingerprint density at radius 3 is 2.56 bits per heavy atom. The molecule has 1 aliphatic rings. The molecule has 0 radical (unpaired) electrons. The molecule has 1 atom stereocenters. The molecule has 2 aromatic rings. The summed E-state index contributed by atoms with van der Waals surface area (Å²) in [6.45, 7) is 1.70. The van der Waals surface area contributed by atoms with Gasteiger partial charge in [-0.15, -0.1) is 0 Å². The highest BCUT2D eigenvalue weighted by molar-refractivity contribution is 6.29. The lowest BCUT2D eigenvalue weighted by atomic mass is 10.00. The van der Waals surface area contributed by atoms with Crippen LogP contribution in [0.15, 0.2) is 42.0 Å². The van der Waals surface area contributed by atoms with Crippen molar-refractivity contribution in [3.05, 3.63) is 58.9 Å². The van der Waals surface area contributed by atoms with Gasteiger partial charge in [-0.25, -0.2) is 9.18 Å². The number of fused-ring (bicyclic) bond motifs is 1. The first-order chi connectivity index (χ1) is 12.5. The molecule has 0 saturated carbocycles. The van der Waals surface area contributed by atoms with Crippen molar-refractivity contribution in [2.45, 2.75) is 18.2 Å². The second kappa shape index (κ2) is 6.45. The van der Waals surface area contributed by atoms with E-state index in [-0.39, 0.29) is 22.8 Å². The third-order valence-corrected chi connectivity index (χ3v) is 4.31. The molecule has 1 N–H and O–H groups in total. The summed E-state index contributed by atoms with van der Waals surface area (Å²) < 4.78 is 64.2. The van der Waals surface area contributed by atoms with Crippen LogP contribution in [0.5, 0.6) is 17.2 Å². The number of rotatable bonds is 3. The maximum Gasteiger partial charge on any atom is 0.448 e. The first kappa shape index (κ1) is 19.0. The molecule has 1 unspecified atom stereocenters. The minimum Gasteiger partial charge on any atom is -0.478 e. The number of benzene rings is 2. The van der Waals surface area contributed by atoms with Crippen LogP contribution in [0.2, 0.25) is 0 Å². The summed E-state index contributed by atoms with van der Waals surface area (Å²) in [5.74, 6) is -3.22. The molecular weight excluding hydrogens is 392 g/mol. The van der Waals surface area contributed by atoms with Crippen LogP contribution in [-0.2, 0) is 4.79 Å². The Labute approximate surface area is 155 Å². The summed E-state index contributed by atoms with van der Waals surface area (Å²) in [5, 5.41) is 5.63. The molecule has 142 valence electrons. The average molecular weight is 403 g/mol. The molecule has 2 aromatic carbocycles. The third kappa shape index (κ3) is 3.32. The van der Waals surface area contributed by atoms with Gasteiger partial charge in [0.1, 0.15) is 17.1 Å². The molecule has 9 heteroatoms. The second-order valence-corrected chi connectivity index (χ2v) is 6.29. The van der Waals surface area contributed by atoms with Crippen LogP contribution in [0, 0.1) is 12.7 Å². The van der Waals surface area contributed by atoms with E-state index in [1.807, 2.05) is 0 Å². The molecule has 4 nitrogen and oxygen atoms in total. The van der Waals surface area contributed by atoms with Gasteiger partial charge in [-0.05, 0) is 42.8 Å². The maximum atomic E-state index is 13.9. The molecule has 0 aliphatic carbocycles. The van der Waals surface area contributed by atoms with E-state index in [2.05, 4.69) is 0 Å². The van der Waals surface area contributed by atoms with Gasteiger partial charge in [-0.1, -0.05) is 23.7 Å². The third-order valence-electron chi connectivity index (χ3n) is 3.81. The van der Waals surface area contributed by atoms with E-state index in [9.17, 15) is 27.5 Å². The summed E-state index contributed by atoms with van der Waals surface area (Å²) in [6.07, 6.45) is -4.49. The molecule has 1 aliphatic heterocycles. The van der Waals surface area contributed by atoms with Gasteiger partial charge in [0.05, 0.1) is 5.56 Å². The first-order valence-corrected chi connectivity index (χ1v) is 7.88. The number of hydrogen-bond acceptors (Lipinski definition) is 3. The minimum absolute atomic E-state index is 0.0864. The van der Waals surface area contributed by atoms with Crippen molar-refractivity contribution >= 4 is 23.6 Å². The topological polar surface area (TPSA) is 55.8 Å². The molecule has 0 amide bonds. The molecule has 0 bridgehead atoms. The van der Waals surface area contributed by atoms with E-state index in [1.54, 1.807) is 6.92 Å². The quantitative estimate of drug-likeness (QED) is 0.560. The fourth-order valence-corrected chi connectivity index (χ4v) is 2.72. The number of hydrogen-bond donors (Lipinski definition) is 1. The molecule has 1 heterocycles. The predicted octanol–water partition coefficient (Wildman–Crippen LogP) is 5.28. The summed E-state index contributed by atoms with van der Waals surface area (Å²) in [4.78, 5) is 11.4. The molecule has 27 heavy (non-hydrogen) atoms. The largest absolute Gasteiger partial charge is 0.478 e. The van der Waals surface area contributed by atoms with Crippen molar-refractivity contribution in [3.63, 3.8) is 0 Å². The van der Waals surface area contributed by atoms with Crippen molar-refractivity contribution < 1.29 is 36.9 Å². The Kier molecular flexibility index (Phi) is 4.55. The smallest absolute Gasteiger partial charge is 0.448 e. The van der Waals surface area contributed by atoms with Crippen LogP contribution in [0.1, 0.15) is 11.1 Å². The van der Waals surface area contributed by atoms with Crippen LogP contribution in [-0.4, -0.2) is 22.3 Å². The highest BCUT2D eigenvalue weighted by Gasteiger charge is 2.62. The Hall–Kier alpha value is -2.74. The molecule has 0 fully saturated rings. The van der Waals surface area contributed by atoms with Gasteiger partial charge in [-0.2, -0.15) is 13.2 Å². The van der Waals surface area contributed by atoms with Crippen LogP contribution in [0.25, 0.3) is 6.08 Å². The van der Waals surface area contributed by atoms with E-state index >= 15 is 0 Å². The van der Waals surface area contributed by atoms with Crippen LogP contribution in [0.4, 0.5) is 17.6 Å². The van der Waals surface area contributed by atoms with Crippen molar-refractivity contribution in [1.82, 2.24) is 0 Å². The number of aliphatic carboxylic acids is 1. The zero-order valence-corrected chi connectivity index (χ0v) is 14.4. The van der Waals surface area contributed by atoms with Crippen LogP contribution >= 0.6 is 11.6 Å². The highest BCUT2D eigenvalue weighted by atomic mass is 35.5. The Bertz CT molecular complexity index is 955. The maximum absolute atomic E-state index is 13.9. The van der Waals surface area contributed by atoms with Gasteiger partial charge < -0.3 is 14.6 Å². The summed E-state index contributed by atoms with van der Waals surface area (Å²) in [5.41, 5.74) is -0.646. The number of carboxylic acid groups (broad SMARTS) is 1. The lowest BCUT2D eigenvalue weighted by Gasteiger charge is -2.34. The summed E-state index contributed by atoms with van der Waals surface area (Å²) >= 11 is 5.50. The van der Waals surface area contributed by atoms with E-state index < -0.39 is 28.6 Å². The monoisotopic (exact) mass is 402 g/mol. The SMILES string of the molecule is Cc1ccc(F)c(Oc2cccc3c2C=C(C(=O)O)C(Cl)(C(F)(F)F)O3)c1. The Balaban J connectivity index is 2.13. The van der Waals surface area contributed by atoms with Gasteiger partial charge in [0.2, 0.25) is 0 Å². The Morgan fingerprint density at radius 1 is 1.22 bits per heavy atom. The van der Waals surface area contributed by atoms with E-state index in [0.29, 0.717) is 11.6 Å². The predicted molar refractivity (Wildman–Crippen MR) is 88.5 cm³/mol. The van der Waals surface area contributed by atoms with Crippen LogP contribution in [0.3, 0.4) is 0 Å². The van der Waals surface area contributed by atoms with Gasteiger partial charge >= 0.3 is 17.2 Å². The minimum atomic E-state index is -5.20. The van der Waals surface area contributed by atoms with Gasteiger partial charge in [-0.3, -0.25) is 0 Å². The fourth-order valence-electron chi connectivity index (χ4n) is 2.50. The molecule has 3 rings (SSSR count). The lowest BCUT2D eigenvalue weighted by molar-refractivity contribution is -0.204. The van der Waals surface area contributed by atoms with Crippen LogP contribution < -0.4 is 9.47 Å². The van der Waals surface area contributed by atoms with E-state index in [4.69, 9.17) is 21.1 Å². The molecule has 0 aromatic heterocycles. The number of halogens is 5.